The smallest absolute Gasteiger partial charge is 0.137 e. The third-order valence-corrected chi connectivity index (χ3v) is 5.15. The minimum atomic E-state index is 0.395. The van der Waals surface area contributed by atoms with Crippen LogP contribution in [0.2, 0.25) is 0 Å². The molecule has 19 heavy (non-hydrogen) atoms. The standard InChI is InChI=1S/C14H25N5/c1-11(2)19-6-4-14(5-7-19)9-15-8-12(14)13-17-16-10-18(13)3/h10-12,15H,4-9H2,1-3H3. The van der Waals surface area contributed by atoms with Crippen molar-refractivity contribution in [1.82, 2.24) is 25.0 Å². The van der Waals surface area contributed by atoms with Gasteiger partial charge in [0.25, 0.3) is 0 Å². The first kappa shape index (κ1) is 13.1. The molecule has 0 saturated carbocycles. The van der Waals surface area contributed by atoms with E-state index in [1.807, 2.05) is 6.33 Å². The maximum absolute atomic E-state index is 4.36. The molecule has 1 spiro atoms. The lowest BCUT2D eigenvalue weighted by Gasteiger charge is -2.43. The average molecular weight is 263 g/mol. The zero-order valence-corrected chi connectivity index (χ0v) is 12.3. The fourth-order valence-electron chi connectivity index (χ4n) is 3.79. The van der Waals surface area contributed by atoms with Gasteiger partial charge in [0.05, 0.1) is 0 Å². The lowest BCUT2D eigenvalue weighted by atomic mass is 9.70. The van der Waals surface area contributed by atoms with E-state index >= 15 is 0 Å². The molecule has 2 fully saturated rings. The fraction of sp³-hybridized carbons (Fsp3) is 0.857. The molecule has 1 unspecified atom stereocenters. The van der Waals surface area contributed by atoms with E-state index in [0.29, 0.717) is 17.4 Å². The zero-order valence-electron chi connectivity index (χ0n) is 12.3. The molecule has 5 heteroatoms. The minimum absolute atomic E-state index is 0.395. The molecule has 0 bridgehead atoms. The highest BCUT2D eigenvalue weighted by Gasteiger charge is 2.47. The molecule has 0 radical (unpaired) electrons. The van der Waals surface area contributed by atoms with E-state index < -0.39 is 0 Å². The first-order chi connectivity index (χ1) is 9.12. The van der Waals surface area contributed by atoms with Gasteiger partial charge in [0.1, 0.15) is 12.2 Å². The number of hydrogen-bond donors (Lipinski definition) is 1. The number of hydrogen-bond acceptors (Lipinski definition) is 4. The Hall–Kier alpha value is -0.940. The van der Waals surface area contributed by atoms with Gasteiger partial charge in [0.15, 0.2) is 0 Å². The summed E-state index contributed by atoms with van der Waals surface area (Å²) in [6.45, 7) is 9.21. The van der Waals surface area contributed by atoms with Crippen molar-refractivity contribution in [3.05, 3.63) is 12.2 Å². The average Bonchev–Trinajstić information content (AvgIpc) is 2.97. The van der Waals surface area contributed by atoms with E-state index in [1.54, 1.807) is 0 Å². The molecule has 5 nitrogen and oxygen atoms in total. The minimum Gasteiger partial charge on any atom is -0.320 e. The molecule has 3 rings (SSSR count). The summed E-state index contributed by atoms with van der Waals surface area (Å²) < 4.78 is 2.09. The summed E-state index contributed by atoms with van der Waals surface area (Å²) in [6.07, 6.45) is 4.37. The second kappa shape index (κ2) is 4.87. The number of aryl methyl sites for hydroxylation is 1. The van der Waals surface area contributed by atoms with Crippen LogP contribution in [0.3, 0.4) is 0 Å². The van der Waals surface area contributed by atoms with E-state index in [2.05, 4.69) is 45.9 Å². The lowest BCUT2D eigenvalue weighted by molar-refractivity contribution is 0.0818. The number of nitrogens with one attached hydrogen (secondary N) is 1. The zero-order chi connectivity index (χ0) is 13.5. The van der Waals surface area contributed by atoms with Gasteiger partial charge in [0.2, 0.25) is 0 Å². The molecule has 1 atom stereocenters. The highest BCUT2D eigenvalue weighted by molar-refractivity contribution is 5.12. The Bertz CT molecular complexity index is 431. The largest absolute Gasteiger partial charge is 0.320 e. The SMILES string of the molecule is CC(C)N1CCC2(CC1)CNCC2c1nncn1C. The highest BCUT2D eigenvalue weighted by atomic mass is 15.3. The van der Waals surface area contributed by atoms with Crippen LogP contribution in [0.25, 0.3) is 0 Å². The van der Waals surface area contributed by atoms with E-state index in [9.17, 15) is 0 Å². The molecule has 1 aromatic rings. The quantitative estimate of drug-likeness (QED) is 0.864. The second-order valence-electron chi connectivity index (χ2n) is 6.48. The normalized spacial score (nSPS) is 27.5. The molecular weight excluding hydrogens is 238 g/mol. The Morgan fingerprint density at radius 3 is 2.68 bits per heavy atom. The van der Waals surface area contributed by atoms with Crippen molar-refractivity contribution >= 4 is 0 Å². The fourth-order valence-corrected chi connectivity index (χ4v) is 3.79. The van der Waals surface area contributed by atoms with Crippen molar-refractivity contribution < 1.29 is 0 Å². The van der Waals surface area contributed by atoms with Crippen molar-refractivity contribution in [2.75, 3.05) is 26.2 Å². The van der Waals surface area contributed by atoms with Crippen LogP contribution < -0.4 is 5.32 Å². The topological polar surface area (TPSA) is 46.0 Å². The van der Waals surface area contributed by atoms with Crippen LogP contribution in [0.1, 0.15) is 38.4 Å². The second-order valence-corrected chi connectivity index (χ2v) is 6.48. The predicted octanol–water partition coefficient (Wildman–Crippen LogP) is 0.992. The molecule has 2 aliphatic heterocycles. The van der Waals surface area contributed by atoms with Crippen molar-refractivity contribution in [3.63, 3.8) is 0 Å². The summed E-state index contributed by atoms with van der Waals surface area (Å²) in [6, 6.07) is 0.667. The van der Waals surface area contributed by atoms with Crippen LogP contribution in [0.15, 0.2) is 6.33 Å². The van der Waals surface area contributed by atoms with E-state index in [-0.39, 0.29) is 0 Å². The van der Waals surface area contributed by atoms with Gasteiger partial charge < -0.3 is 14.8 Å². The molecule has 1 N–H and O–H groups in total. The van der Waals surface area contributed by atoms with Crippen molar-refractivity contribution in [2.24, 2.45) is 12.5 Å². The molecule has 0 aromatic carbocycles. The van der Waals surface area contributed by atoms with Crippen molar-refractivity contribution in [3.8, 4) is 0 Å². The van der Waals surface area contributed by atoms with Crippen LogP contribution in [0.5, 0.6) is 0 Å². The number of piperidine rings is 1. The van der Waals surface area contributed by atoms with Crippen LogP contribution in [0, 0.1) is 5.41 Å². The van der Waals surface area contributed by atoms with E-state index in [1.165, 1.54) is 25.9 Å². The van der Waals surface area contributed by atoms with Crippen LogP contribution >= 0.6 is 0 Å². The lowest BCUT2D eigenvalue weighted by Crippen LogP contribution is -2.46. The molecule has 0 amide bonds. The Morgan fingerprint density at radius 1 is 1.37 bits per heavy atom. The summed E-state index contributed by atoms with van der Waals surface area (Å²) in [5.74, 6) is 1.68. The van der Waals surface area contributed by atoms with Gasteiger partial charge in [-0.15, -0.1) is 10.2 Å². The van der Waals surface area contributed by atoms with Gasteiger partial charge >= 0.3 is 0 Å². The first-order valence-corrected chi connectivity index (χ1v) is 7.41. The maximum atomic E-state index is 4.36. The van der Waals surface area contributed by atoms with E-state index in [0.717, 1.165) is 18.9 Å². The Kier molecular flexibility index (Phi) is 3.35. The number of likely N-dealkylation sites (tertiary alicyclic amines) is 1. The molecule has 1 aromatic heterocycles. The Labute approximate surface area is 115 Å². The summed E-state index contributed by atoms with van der Waals surface area (Å²) >= 11 is 0. The third kappa shape index (κ3) is 2.19. The summed E-state index contributed by atoms with van der Waals surface area (Å²) in [7, 11) is 2.06. The van der Waals surface area contributed by atoms with Gasteiger partial charge in [-0.2, -0.15) is 0 Å². The van der Waals surface area contributed by atoms with Gasteiger partial charge in [-0.05, 0) is 45.2 Å². The molecule has 0 aliphatic carbocycles. The summed E-state index contributed by atoms with van der Waals surface area (Å²) in [5, 5.41) is 12.0. The molecule has 2 saturated heterocycles. The van der Waals surface area contributed by atoms with Gasteiger partial charge in [-0.1, -0.05) is 0 Å². The predicted molar refractivity (Wildman–Crippen MR) is 75.0 cm³/mol. The van der Waals surface area contributed by atoms with Crippen LogP contribution in [0.4, 0.5) is 0 Å². The first-order valence-electron chi connectivity index (χ1n) is 7.41. The van der Waals surface area contributed by atoms with Crippen LogP contribution in [-0.4, -0.2) is 51.9 Å². The van der Waals surface area contributed by atoms with Gasteiger partial charge in [-0.25, -0.2) is 0 Å². The number of aromatic nitrogens is 3. The Morgan fingerprint density at radius 2 is 2.11 bits per heavy atom. The number of rotatable bonds is 2. The molecule has 106 valence electrons. The monoisotopic (exact) mass is 263 g/mol. The van der Waals surface area contributed by atoms with Crippen molar-refractivity contribution in [1.29, 1.82) is 0 Å². The van der Waals surface area contributed by atoms with Crippen LogP contribution in [-0.2, 0) is 7.05 Å². The molecule has 3 heterocycles. The third-order valence-electron chi connectivity index (χ3n) is 5.15. The highest BCUT2D eigenvalue weighted by Crippen LogP contribution is 2.46. The van der Waals surface area contributed by atoms with Gasteiger partial charge in [0, 0.05) is 32.1 Å². The summed E-state index contributed by atoms with van der Waals surface area (Å²) in [5.41, 5.74) is 0.395. The van der Waals surface area contributed by atoms with Gasteiger partial charge in [-0.3, -0.25) is 0 Å². The molecule has 2 aliphatic rings. The number of nitrogens with zero attached hydrogens (tertiary/aromatic N) is 4. The molecular formula is C14H25N5. The van der Waals surface area contributed by atoms with Crippen molar-refractivity contribution in [2.45, 2.75) is 38.6 Å². The summed E-state index contributed by atoms with van der Waals surface area (Å²) in [4.78, 5) is 2.59. The van der Waals surface area contributed by atoms with E-state index in [4.69, 9.17) is 0 Å². The maximum Gasteiger partial charge on any atom is 0.137 e. The Balaban J connectivity index is 1.79.